The van der Waals surface area contributed by atoms with Crippen molar-refractivity contribution in [2.75, 3.05) is 21.3 Å². The van der Waals surface area contributed by atoms with Gasteiger partial charge in [0.05, 0.1) is 26.9 Å². The van der Waals surface area contributed by atoms with E-state index >= 15 is 0 Å². The lowest BCUT2D eigenvalue weighted by molar-refractivity contribution is -0.131. The molecule has 0 spiro atoms. The predicted octanol–water partition coefficient (Wildman–Crippen LogP) is 4.75. The number of aromatic amines is 1. The van der Waals surface area contributed by atoms with E-state index in [9.17, 15) is 14.7 Å². The van der Waals surface area contributed by atoms with Crippen LogP contribution in [-0.2, 0) is 9.53 Å². The molecule has 2 heterocycles. The Kier molecular flexibility index (Phi) is 7.40. The van der Waals surface area contributed by atoms with Crippen molar-refractivity contribution in [3.05, 3.63) is 70.8 Å². The zero-order chi connectivity index (χ0) is 25.7. The summed E-state index contributed by atoms with van der Waals surface area (Å²) in [6, 6.07) is 15.3. The molecule has 0 saturated heterocycles. The fraction of sp³-hybridized carbons (Fsp3) is 0.120. The van der Waals surface area contributed by atoms with Crippen LogP contribution in [0.3, 0.4) is 0 Å². The summed E-state index contributed by atoms with van der Waals surface area (Å²) in [6.07, 6.45) is 1.38. The lowest BCUT2D eigenvalue weighted by atomic mass is 10.1. The topological polar surface area (TPSA) is 137 Å². The number of nitrogens with zero attached hydrogens (tertiary/aromatic N) is 2. The Morgan fingerprint density at radius 3 is 2.42 bits per heavy atom. The Morgan fingerprint density at radius 2 is 1.75 bits per heavy atom. The van der Waals surface area contributed by atoms with E-state index < -0.39 is 11.9 Å². The summed E-state index contributed by atoms with van der Waals surface area (Å²) in [5.74, 6) is 0.718. The maximum Gasteiger partial charge on any atom is 0.342 e. The first-order chi connectivity index (χ1) is 17.4. The summed E-state index contributed by atoms with van der Waals surface area (Å²) in [4.78, 5) is 28.0. The fourth-order valence-electron chi connectivity index (χ4n) is 3.23. The highest BCUT2D eigenvalue weighted by atomic mass is 32.2. The molecule has 0 radical (unpaired) electrons. The monoisotopic (exact) mass is 507 g/mol. The number of carbonyl (C=O) groups is 2. The molecule has 11 heteroatoms. The summed E-state index contributed by atoms with van der Waals surface area (Å²) in [6.45, 7) is 0. The summed E-state index contributed by atoms with van der Waals surface area (Å²) in [7, 11) is 4.39. The maximum absolute atomic E-state index is 11.9. The Morgan fingerprint density at radius 1 is 1.00 bits per heavy atom. The smallest absolute Gasteiger partial charge is 0.342 e. The van der Waals surface area contributed by atoms with Crippen LogP contribution in [0.25, 0.3) is 28.8 Å². The number of H-pyrrole nitrogens is 1. The van der Waals surface area contributed by atoms with E-state index in [1.807, 2.05) is 0 Å². The van der Waals surface area contributed by atoms with Crippen molar-refractivity contribution < 1.29 is 33.3 Å². The van der Waals surface area contributed by atoms with Gasteiger partial charge in [-0.05, 0) is 48.2 Å². The van der Waals surface area contributed by atoms with Crippen LogP contribution >= 0.6 is 11.8 Å². The van der Waals surface area contributed by atoms with Gasteiger partial charge in [-0.25, -0.2) is 14.6 Å². The van der Waals surface area contributed by atoms with Crippen molar-refractivity contribution in [3.63, 3.8) is 0 Å². The van der Waals surface area contributed by atoms with Crippen molar-refractivity contribution in [2.45, 2.75) is 5.16 Å². The normalized spacial score (nSPS) is 11.2. The molecule has 0 aliphatic carbocycles. The molecule has 4 aromatic rings. The fourth-order valence-corrected chi connectivity index (χ4v) is 3.92. The van der Waals surface area contributed by atoms with Gasteiger partial charge >= 0.3 is 11.9 Å². The van der Waals surface area contributed by atoms with Gasteiger partial charge < -0.3 is 23.7 Å². The highest BCUT2D eigenvalue weighted by molar-refractivity contribution is 8.04. The van der Waals surface area contributed by atoms with E-state index in [0.717, 1.165) is 11.8 Å². The summed E-state index contributed by atoms with van der Waals surface area (Å²) < 4.78 is 21.1. The number of carboxylic acids is 1. The molecular formula is C25H21N3O7S. The summed E-state index contributed by atoms with van der Waals surface area (Å²) >= 11 is 0.866. The molecule has 0 aliphatic rings. The Balaban J connectivity index is 1.56. The van der Waals surface area contributed by atoms with Gasteiger partial charge in [-0.3, -0.25) is 5.10 Å². The first-order valence-corrected chi connectivity index (χ1v) is 11.3. The van der Waals surface area contributed by atoms with Crippen LogP contribution in [0.15, 0.2) is 69.1 Å². The number of ether oxygens (including phenoxy) is 3. The lowest BCUT2D eigenvalue weighted by Gasteiger charge is -2.06. The molecule has 2 aromatic carbocycles. The van der Waals surface area contributed by atoms with Gasteiger partial charge in [0.2, 0.25) is 5.16 Å². The van der Waals surface area contributed by atoms with Crippen LogP contribution < -0.4 is 9.47 Å². The third kappa shape index (κ3) is 5.58. The third-order valence-electron chi connectivity index (χ3n) is 4.97. The molecule has 0 aliphatic heterocycles. The van der Waals surface area contributed by atoms with E-state index in [0.29, 0.717) is 45.5 Å². The third-order valence-corrected chi connectivity index (χ3v) is 5.85. The van der Waals surface area contributed by atoms with Crippen LogP contribution in [0.5, 0.6) is 11.5 Å². The van der Waals surface area contributed by atoms with E-state index in [2.05, 4.69) is 15.2 Å². The van der Waals surface area contributed by atoms with E-state index in [4.69, 9.17) is 18.6 Å². The molecule has 10 nitrogen and oxygen atoms in total. The first-order valence-electron chi connectivity index (χ1n) is 10.5. The number of methoxy groups -OCH3 is 3. The number of nitrogens with one attached hydrogen (secondary N) is 1. The van der Waals surface area contributed by atoms with Crippen LogP contribution in [0.1, 0.15) is 16.1 Å². The van der Waals surface area contributed by atoms with Crippen molar-refractivity contribution in [1.29, 1.82) is 0 Å². The molecule has 2 N–H and O–H groups in total. The van der Waals surface area contributed by atoms with E-state index in [-0.39, 0.29) is 10.1 Å². The standard InChI is InChI=1S/C25H21N3O7S/c1-32-18-10-16(11-19(12-18)33-2)22-26-25(28-27-22)36-21(23(29)30)13-17-7-8-20(35-17)14-5-4-6-15(9-14)24(31)34-3/h4-13H,1-3H3,(H,29,30)(H,26,27,28)/b21-13-. The lowest BCUT2D eigenvalue weighted by Crippen LogP contribution is -2.00. The second kappa shape index (κ2) is 10.8. The number of hydrogen-bond donors (Lipinski definition) is 2. The van der Waals surface area contributed by atoms with E-state index in [1.165, 1.54) is 13.2 Å². The van der Waals surface area contributed by atoms with Crippen LogP contribution in [0.2, 0.25) is 0 Å². The summed E-state index contributed by atoms with van der Waals surface area (Å²) in [5, 5.41) is 16.9. The van der Waals surface area contributed by atoms with Gasteiger partial charge in [-0.15, -0.1) is 5.10 Å². The molecule has 2 aromatic heterocycles. The minimum atomic E-state index is -1.17. The minimum absolute atomic E-state index is 0.0482. The number of thioether (sulfide) groups is 1. The van der Waals surface area contributed by atoms with Gasteiger partial charge in [0.15, 0.2) is 5.82 Å². The van der Waals surface area contributed by atoms with E-state index in [1.54, 1.807) is 68.8 Å². The number of aliphatic carboxylic acids is 1. The Hall–Kier alpha value is -4.51. The molecular weight excluding hydrogens is 486 g/mol. The number of benzene rings is 2. The number of esters is 1. The largest absolute Gasteiger partial charge is 0.497 e. The number of hydrogen-bond acceptors (Lipinski definition) is 9. The van der Waals surface area contributed by atoms with Crippen molar-refractivity contribution in [3.8, 4) is 34.2 Å². The molecule has 0 fully saturated rings. The number of carbonyl (C=O) groups excluding carboxylic acids is 1. The van der Waals surface area contributed by atoms with Gasteiger partial charge in [0, 0.05) is 23.3 Å². The second-order valence-electron chi connectivity index (χ2n) is 7.26. The first kappa shape index (κ1) is 24.6. The number of carboxylic acid groups (broad SMARTS) is 1. The highest BCUT2D eigenvalue weighted by Gasteiger charge is 2.17. The SMILES string of the molecule is COC(=O)c1cccc(-c2ccc(/C=C(\Sc3n[nH]c(-c4cc(OC)cc(OC)c4)n3)C(=O)O)o2)c1. The molecule has 4 rings (SSSR count). The molecule has 36 heavy (non-hydrogen) atoms. The predicted molar refractivity (Wildman–Crippen MR) is 132 cm³/mol. The quantitative estimate of drug-likeness (QED) is 0.185. The Labute approximate surface area is 209 Å². The molecule has 184 valence electrons. The Bertz CT molecular complexity index is 1420. The minimum Gasteiger partial charge on any atom is -0.497 e. The molecule has 0 amide bonds. The molecule has 0 bridgehead atoms. The molecule has 0 saturated carbocycles. The zero-order valence-electron chi connectivity index (χ0n) is 19.5. The maximum atomic E-state index is 11.9. The van der Waals surface area contributed by atoms with Gasteiger partial charge in [-0.2, -0.15) is 0 Å². The van der Waals surface area contributed by atoms with Gasteiger partial charge in [-0.1, -0.05) is 12.1 Å². The van der Waals surface area contributed by atoms with Crippen LogP contribution in [-0.4, -0.2) is 53.6 Å². The van der Waals surface area contributed by atoms with Crippen LogP contribution in [0, 0.1) is 0 Å². The number of aromatic nitrogens is 3. The van der Waals surface area contributed by atoms with Gasteiger partial charge in [0.1, 0.15) is 27.9 Å². The van der Waals surface area contributed by atoms with Crippen molar-refractivity contribution >= 4 is 29.8 Å². The highest BCUT2D eigenvalue weighted by Crippen LogP contribution is 2.32. The van der Waals surface area contributed by atoms with Crippen molar-refractivity contribution in [1.82, 2.24) is 15.2 Å². The number of rotatable bonds is 9. The van der Waals surface area contributed by atoms with Crippen LogP contribution in [0.4, 0.5) is 0 Å². The zero-order valence-corrected chi connectivity index (χ0v) is 20.3. The molecule has 0 atom stereocenters. The van der Waals surface area contributed by atoms with Gasteiger partial charge in [0.25, 0.3) is 0 Å². The second-order valence-corrected chi connectivity index (χ2v) is 8.27. The summed E-state index contributed by atoms with van der Waals surface area (Å²) in [5.41, 5.74) is 1.69. The number of furan rings is 1. The average molecular weight is 508 g/mol. The molecule has 0 unspecified atom stereocenters. The van der Waals surface area contributed by atoms with Crippen molar-refractivity contribution in [2.24, 2.45) is 0 Å². The average Bonchev–Trinajstić information content (AvgIpc) is 3.57.